The van der Waals surface area contributed by atoms with Gasteiger partial charge >= 0.3 is 0 Å². The molecule has 3 aromatic rings. The first-order valence-corrected chi connectivity index (χ1v) is 8.35. The number of aromatic nitrogens is 3. The van der Waals surface area contributed by atoms with Crippen molar-refractivity contribution in [1.82, 2.24) is 19.6 Å². The maximum absolute atomic E-state index is 12.4. The number of anilines is 1. The van der Waals surface area contributed by atoms with E-state index in [-0.39, 0.29) is 36.9 Å². The molecule has 0 radical (unpaired) electrons. The molecular weight excluding hydrogens is 350 g/mol. The molecule has 9 heteroatoms. The second-order valence-electron chi connectivity index (χ2n) is 6.13. The summed E-state index contributed by atoms with van der Waals surface area (Å²) in [4.78, 5) is 42.1. The molecule has 2 heterocycles. The van der Waals surface area contributed by atoms with Crippen LogP contribution in [0.2, 0.25) is 0 Å². The number of benzene rings is 1. The minimum Gasteiger partial charge on any atom is -0.360 e. The summed E-state index contributed by atoms with van der Waals surface area (Å²) in [5.74, 6) is 0.224. The molecule has 0 unspecified atom stereocenters. The van der Waals surface area contributed by atoms with E-state index in [1.54, 1.807) is 31.2 Å². The molecule has 1 N–H and O–H groups in total. The van der Waals surface area contributed by atoms with Gasteiger partial charge in [0.2, 0.25) is 11.8 Å². The Kier molecular flexibility index (Phi) is 5.30. The maximum Gasteiger partial charge on any atom is 0.261 e. The number of likely N-dealkylation sites (N-methyl/N-ethyl adjacent to an activating group) is 1. The number of nitrogens with one attached hydrogen (secondary N) is 1. The van der Waals surface area contributed by atoms with Crippen molar-refractivity contribution in [2.75, 3.05) is 18.9 Å². The van der Waals surface area contributed by atoms with Crippen molar-refractivity contribution in [2.24, 2.45) is 0 Å². The van der Waals surface area contributed by atoms with Crippen LogP contribution in [0.15, 0.2) is 46.0 Å². The average molecular weight is 369 g/mol. The van der Waals surface area contributed by atoms with Gasteiger partial charge in [-0.25, -0.2) is 4.98 Å². The molecule has 0 atom stereocenters. The van der Waals surface area contributed by atoms with Crippen molar-refractivity contribution in [1.29, 1.82) is 0 Å². The van der Waals surface area contributed by atoms with Gasteiger partial charge in [-0.3, -0.25) is 19.0 Å². The molecule has 3 rings (SSSR count). The van der Waals surface area contributed by atoms with Crippen LogP contribution in [0.5, 0.6) is 0 Å². The van der Waals surface area contributed by atoms with Gasteiger partial charge in [-0.2, -0.15) is 0 Å². The number of nitrogens with zero attached hydrogens (tertiary/aromatic N) is 4. The van der Waals surface area contributed by atoms with Gasteiger partial charge in [0.25, 0.3) is 5.56 Å². The lowest BCUT2D eigenvalue weighted by atomic mass is 10.2. The monoisotopic (exact) mass is 369 g/mol. The van der Waals surface area contributed by atoms with E-state index in [1.807, 2.05) is 6.07 Å². The van der Waals surface area contributed by atoms with E-state index in [4.69, 9.17) is 4.52 Å². The number of para-hydroxylation sites is 1. The predicted octanol–water partition coefficient (Wildman–Crippen LogP) is 1.18. The molecule has 0 aliphatic heterocycles. The third-order valence-electron chi connectivity index (χ3n) is 4.00. The largest absolute Gasteiger partial charge is 0.360 e. The lowest BCUT2D eigenvalue weighted by molar-refractivity contribution is -0.133. The molecule has 0 bridgehead atoms. The molecule has 0 saturated heterocycles. The Bertz CT molecular complexity index is 1040. The van der Waals surface area contributed by atoms with Crippen molar-refractivity contribution in [3.8, 4) is 0 Å². The third-order valence-corrected chi connectivity index (χ3v) is 4.00. The number of hydrogen-bond acceptors (Lipinski definition) is 6. The first kappa shape index (κ1) is 18.3. The van der Waals surface area contributed by atoms with Crippen LogP contribution >= 0.6 is 0 Å². The second-order valence-corrected chi connectivity index (χ2v) is 6.13. The molecule has 0 spiro atoms. The zero-order valence-electron chi connectivity index (χ0n) is 15.0. The molecule has 27 heavy (non-hydrogen) atoms. The van der Waals surface area contributed by atoms with Gasteiger partial charge in [0.1, 0.15) is 5.76 Å². The van der Waals surface area contributed by atoms with E-state index < -0.39 is 0 Å². The summed E-state index contributed by atoms with van der Waals surface area (Å²) in [5, 5.41) is 6.71. The van der Waals surface area contributed by atoms with E-state index in [1.165, 1.54) is 22.8 Å². The molecule has 9 nitrogen and oxygen atoms in total. The summed E-state index contributed by atoms with van der Waals surface area (Å²) in [6, 6.07) is 8.62. The van der Waals surface area contributed by atoms with Crippen LogP contribution in [-0.4, -0.2) is 45.0 Å². The molecular formula is C18H19N5O4. The predicted molar refractivity (Wildman–Crippen MR) is 98.1 cm³/mol. The first-order chi connectivity index (χ1) is 12.9. The van der Waals surface area contributed by atoms with Gasteiger partial charge in [-0.1, -0.05) is 17.3 Å². The highest BCUT2D eigenvalue weighted by atomic mass is 16.5. The number of fused-ring (bicyclic) bond motifs is 1. The van der Waals surface area contributed by atoms with Crippen LogP contribution in [0.3, 0.4) is 0 Å². The van der Waals surface area contributed by atoms with Gasteiger partial charge in [0.15, 0.2) is 5.82 Å². The standard InChI is InChI=1S/C18H19N5O4/c1-12-9-15(21-27-12)20-16(24)10-22(2)17(25)7-8-23-11-19-14-6-4-3-5-13(14)18(23)26/h3-6,9,11H,7-8,10H2,1-2H3,(H,20,21,24). The smallest absolute Gasteiger partial charge is 0.261 e. The summed E-state index contributed by atoms with van der Waals surface area (Å²) in [6.45, 7) is 1.77. The van der Waals surface area contributed by atoms with E-state index in [0.29, 0.717) is 22.5 Å². The number of aryl methyl sites for hydroxylation is 2. The molecule has 1 aromatic carbocycles. The summed E-state index contributed by atoms with van der Waals surface area (Å²) >= 11 is 0. The molecule has 0 aliphatic rings. The Morgan fingerprint density at radius 2 is 2.07 bits per heavy atom. The van der Waals surface area contributed by atoms with Crippen LogP contribution < -0.4 is 10.9 Å². The van der Waals surface area contributed by atoms with Gasteiger partial charge in [-0.15, -0.1) is 0 Å². The SMILES string of the molecule is Cc1cc(NC(=O)CN(C)C(=O)CCn2cnc3ccccc3c2=O)no1. The summed E-state index contributed by atoms with van der Waals surface area (Å²) in [6.07, 6.45) is 1.50. The van der Waals surface area contributed by atoms with Crippen LogP contribution in [0.1, 0.15) is 12.2 Å². The zero-order chi connectivity index (χ0) is 19.4. The summed E-state index contributed by atoms with van der Waals surface area (Å²) in [5.41, 5.74) is 0.414. The van der Waals surface area contributed by atoms with Gasteiger partial charge in [-0.05, 0) is 19.1 Å². The number of carbonyl (C=O) groups excluding carboxylic acids is 2. The number of amides is 2. The molecule has 0 aliphatic carbocycles. The average Bonchev–Trinajstić information content (AvgIpc) is 3.05. The quantitative estimate of drug-likeness (QED) is 0.699. The van der Waals surface area contributed by atoms with Gasteiger partial charge in [0, 0.05) is 26.1 Å². The Labute approximate surface area is 154 Å². The molecule has 0 saturated carbocycles. The Hall–Kier alpha value is -3.49. The zero-order valence-corrected chi connectivity index (χ0v) is 15.0. The lowest BCUT2D eigenvalue weighted by Crippen LogP contribution is -2.36. The topological polar surface area (TPSA) is 110 Å². The Morgan fingerprint density at radius 3 is 2.81 bits per heavy atom. The van der Waals surface area contributed by atoms with Crippen LogP contribution in [0, 0.1) is 6.92 Å². The highest BCUT2D eigenvalue weighted by molar-refractivity contribution is 5.93. The maximum atomic E-state index is 12.4. The van der Waals surface area contributed by atoms with Crippen LogP contribution in [0.25, 0.3) is 10.9 Å². The molecule has 140 valence electrons. The normalized spacial score (nSPS) is 10.7. The van der Waals surface area contributed by atoms with Crippen molar-refractivity contribution in [2.45, 2.75) is 19.9 Å². The number of hydrogen-bond donors (Lipinski definition) is 1. The fraction of sp³-hybridized carbons (Fsp3) is 0.278. The van der Waals surface area contributed by atoms with Crippen molar-refractivity contribution in [3.63, 3.8) is 0 Å². The first-order valence-electron chi connectivity index (χ1n) is 8.35. The van der Waals surface area contributed by atoms with E-state index in [9.17, 15) is 14.4 Å². The van der Waals surface area contributed by atoms with E-state index in [2.05, 4.69) is 15.5 Å². The van der Waals surface area contributed by atoms with Gasteiger partial charge < -0.3 is 14.7 Å². The summed E-state index contributed by atoms with van der Waals surface area (Å²) in [7, 11) is 1.53. The second kappa shape index (κ2) is 7.81. The minimum absolute atomic E-state index is 0.0762. The third kappa shape index (κ3) is 4.38. The number of rotatable bonds is 6. The van der Waals surface area contributed by atoms with E-state index >= 15 is 0 Å². The molecule has 2 amide bonds. The molecule has 0 fully saturated rings. The van der Waals surface area contributed by atoms with Crippen molar-refractivity contribution in [3.05, 3.63) is 52.8 Å². The fourth-order valence-electron chi connectivity index (χ4n) is 2.58. The highest BCUT2D eigenvalue weighted by Crippen LogP contribution is 2.07. The minimum atomic E-state index is -0.385. The fourth-order valence-corrected chi connectivity index (χ4v) is 2.58. The summed E-state index contributed by atoms with van der Waals surface area (Å²) < 4.78 is 6.26. The van der Waals surface area contributed by atoms with E-state index in [0.717, 1.165) is 0 Å². The van der Waals surface area contributed by atoms with Gasteiger partial charge in [0.05, 0.1) is 23.8 Å². The lowest BCUT2D eigenvalue weighted by Gasteiger charge is -2.16. The van der Waals surface area contributed by atoms with Crippen molar-refractivity contribution < 1.29 is 14.1 Å². The van der Waals surface area contributed by atoms with Crippen molar-refractivity contribution >= 4 is 28.5 Å². The Balaban J connectivity index is 1.56. The van der Waals surface area contributed by atoms with Crippen LogP contribution in [0.4, 0.5) is 5.82 Å². The Morgan fingerprint density at radius 1 is 1.30 bits per heavy atom. The number of carbonyl (C=O) groups is 2. The molecule has 2 aromatic heterocycles. The highest BCUT2D eigenvalue weighted by Gasteiger charge is 2.15. The van der Waals surface area contributed by atoms with Crippen LogP contribution in [-0.2, 0) is 16.1 Å².